The van der Waals surface area contributed by atoms with Gasteiger partial charge in [-0.05, 0) is 12.1 Å². The van der Waals surface area contributed by atoms with Crippen LogP contribution in [0.4, 0.5) is 0 Å². The van der Waals surface area contributed by atoms with Crippen molar-refractivity contribution in [2.24, 2.45) is 0 Å². The molecule has 0 saturated carbocycles. The van der Waals surface area contributed by atoms with E-state index in [1.807, 2.05) is 11.8 Å². The average molecular weight is 225 g/mol. The zero-order valence-electron chi connectivity index (χ0n) is 8.48. The zero-order chi connectivity index (χ0) is 10.9. The summed E-state index contributed by atoms with van der Waals surface area (Å²) >= 11 is 2.03. The Balaban J connectivity index is 0.000000162. The summed E-state index contributed by atoms with van der Waals surface area (Å²) in [4.78, 5) is 10.2. The fourth-order valence-corrected chi connectivity index (χ4v) is 1.88. The van der Waals surface area contributed by atoms with E-state index in [-0.39, 0.29) is 0 Å². The van der Waals surface area contributed by atoms with E-state index in [0.29, 0.717) is 5.56 Å². The van der Waals surface area contributed by atoms with E-state index in [9.17, 15) is 4.79 Å². The van der Waals surface area contributed by atoms with Gasteiger partial charge >= 0.3 is 5.97 Å². The summed E-state index contributed by atoms with van der Waals surface area (Å²) in [5.41, 5.74) is 0.331. The lowest BCUT2D eigenvalue weighted by Crippen LogP contribution is -2.24. The van der Waals surface area contributed by atoms with E-state index < -0.39 is 5.97 Å². The monoisotopic (exact) mass is 225 g/mol. The van der Waals surface area contributed by atoms with Crippen molar-refractivity contribution in [3.8, 4) is 0 Å². The van der Waals surface area contributed by atoms with Crippen molar-refractivity contribution in [1.82, 2.24) is 5.32 Å². The van der Waals surface area contributed by atoms with Crippen molar-refractivity contribution in [3.05, 3.63) is 35.9 Å². The number of hydrogen-bond donors (Lipinski definition) is 2. The molecule has 15 heavy (non-hydrogen) atoms. The van der Waals surface area contributed by atoms with Crippen LogP contribution < -0.4 is 5.32 Å². The van der Waals surface area contributed by atoms with Crippen LogP contribution in [0.5, 0.6) is 0 Å². The van der Waals surface area contributed by atoms with Crippen molar-refractivity contribution in [1.29, 1.82) is 0 Å². The van der Waals surface area contributed by atoms with E-state index in [1.165, 1.54) is 24.6 Å². The molecule has 0 spiro atoms. The van der Waals surface area contributed by atoms with Crippen LogP contribution in [0.15, 0.2) is 30.3 Å². The number of carboxylic acids is 1. The molecule has 0 aliphatic carbocycles. The molecule has 1 aromatic rings. The summed E-state index contributed by atoms with van der Waals surface area (Å²) < 4.78 is 0. The topological polar surface area (TPSA) is 49.3 Å². The SMILES string of the molecule is C1CSCCN1.O=C(O)c1ccccc1. The Kier molecular flexibility index (Phi) is 5.88. The first kappa shape index (κ1) is 12.1. The van der Waals surface area contributed by atoms with Gasteiger partial charge in [0, 0.05) is 24.6 Å². The minimum atomic E-state index is -0.879. The van der Waals surface area contributed by atoms with E-state index >= 15 is 0 Å². The van der Waals surface area contributed by atoms with E-state index in [0.717, 1.165) is 0 Å². The zero-order valence-corrected chi connectivity index (χ0v) is 9.30. The number of hydrogen-bond acceptors (Lipinski definition) is 3. The van der Waals surface area contributed by atoms with E-state index in [2.05, 4.69) is 5.32 Å². The molecule has 3 nitrogen and oxygen atoms in total. The highest BCUT2D eigenvalue weighted by Gasteiger charge is 1.96. The molecule has 82 valence electrons. The Morgan fingerprint density at radius 1 is 1.20 bits per heavy atom. The summed E-state index contributed by atoms with van der Waals surface area (Å²) in [7, 11) is 0. The maximum Gasteiger partial charge on any atom is 0.335 e. The molecule has 1 fully saturated rings. The van der Waals surface area contributed by atoms with Crippen molar-refractivity contribution in [2.75, 3.05) is 24.6 Å². The number of benzene rings is 1. The van der Waals surface area contributed by atoms with Gasteiger partial charge in [0.2, 0.25) is 0 Å². The first-order valence-corrected chi connectivity index (χ1v) is 6.03. The van der Waals surface area contributed by atoms with Crippen LogP contribution in [0.2, 0.25) is 0 Å². The van der Waals surface area contributed by atoms with Gasteiger partial charge in [-0.25, -0.2) is 4.79 Å². The van der Waals surface area contributed by atoms with E-state index in [4.69, 9.17) is 5.11 Å². The predicted molar refractivity (Wildman–Crippen MR) is 63.6 cm³/mol. The number of nitrogens with one attached hydrogen (secondary N) is 1. The Bertz CT molecular complexity index is 274. The molecule has 4 heteroatoms. The highest BCUT2D eigenvalue weighted by molar-refractivity contribution is 7.99. The van der Waals surface area contributed by atoms with Gasteiger partial charge in [0.15, 0.2) is 0 Å². The molecule has 1 saturated heterocycles. The summed E-state index contributed by atoms with van der Waals surface area (Å²) in [6.07, 6.45) is 0. The lowest BCUT2D eigenvalue weighted by molar-refractivity contribution is 0.0697. The van der Waals surface area contributed by atoms with Gasteiger partial charge in [0.25, 0.3) is 0 Å². The highest BCUT2D eigenvalue weighted by Crippen LogP contribution is 1.99. The minimum absolute atomic E-state index is 0.331. The number of aromatic carboxylic acids is 1. The van der Waals surface area contributed by atoms with Gasteiger partial charge in [-0.2, -0.15) is 11.8 Å². The molecule has 0 radical (unpaired) electrons. The second-order valence-corrected chi connectivity index (χ2v) is 4.26. The molecule has 0 bridgehead atoms. The Morgan fingerprint density at radius 3 is 2.07 bits per heavy atom. The maximum absolute atomic E-state index is 10.2. The largest absolute Gasteiger partial charge is 0.478 e. The fourth-order valence-electron chi connectivity index (χ4n) is 1.10. The lowest BCUT2D eigenvalue weighted by atomic mass is 10.2. The van der Waals surface area contributed by atoms with Crippen molar-refractivity contribution in [2.45, 2.75) is 0 Å². The normalized spacial score (nSPS) is 14.9. The molecule has 0 amide bonds. The molecule has 2 N–H and O–H groups in total. The number of thioether (sulfide) groups is 1. The van der Waals surface area contributed by atoms with Gasteiger partial charge in [-0.1, -0.05) is 18.2 Å². The molecule has 0 unspecified atom stereocenters. The molecular formula is C11H15NO2S. The van der Waals surface area contributed by atoms with Crippen LogP contribution in [-0.4, -0.2) is 35.7 Å². The smallest absolute Gasteiger partial charge is 0.335 e. The molecule has 0 aromatic heterocycles. The van der Waals surface area contributed by atoms with Crippen LogP contribution in [0.1, 0.15) is 10.4 Å². The Morgan fingerprint density at radius 2 is 1.80 bits per heavy atom. The average Bonchev–Trinajstić information content (AvgIpc) is 2.33. The quantitative estimate of drug-likeness (QED) is 0.764. The Labute approximate surface area is 93.9 Å². The van der Waals surface area contributed by atoms with Crippen LogP contribution in [0.3, 0.4) is 0 Å². The second-order valence-electron chi connectivity index (χ2n) is 3.03. The molecule has 1 heterocycles. The standard InChI is InChI=1S/C7H6O2.C4H9NS/c8-7(9)6-4-2-1-3-5-6;1-3-6-4-2-5-1/h1-5H,(H,8,9);5H,1-4H2. The molecule has 2 rings (SSSR count). The van der Waals surface area contributed by atoms with Crippen LogP contribution in [0.25, 0.3) is 0 Å². The molecule has 0 atom stereocenters. The summed E-state index contributed by atoms with van der Waals surface area (Å²) in [6, 6.07) is 8.30. The first-order chi connectivity index (χ1) is 7.30. The first-order valence-electron chi connectivity index (χ1n) is 4.87. The molecule has 1 aliphatic heterocycles. The third-order valence-corrected chi connectivity index (χ3v) is 2.85. The Hall–Kier alpha value is -1.00. The predicted octanol–water partition coefficient (Wildman–Crippen LogP) is 1.71. The summed E-state index contributed by atoms with van der Waals surface area (Å²) in [5, 5.41) is 11.6. The number of rotatable bonds is 1. The molecule has 1 aromatic carbocycles. The number of carboxylic acid groups (broad SMARTS) is 1. The van der Waals surface area contributed by atoms with Gasteiger partial charge in [-0.15, -0.1) is 0 Å². The maximum atomic E-state index is 10.2. The minimum Gasteiger partial charge on any atom is -0.478 e. The fraction of sp³-hybridized carbons (Fsp3) is 0.364. The van der Waals surface area contributed by atoms with Crippen molar-refractivity contribution >= 4 is 17.7 Å². The lowest BCUT2D eigenvalue weighted by Gasteiger charge is -2.08. The van der Waals surface area contributed by atoms with Crippen molar-refractivity contribution in [3.63, 3.8) is 0 Å². The summed E-state index contributed by atoms with van der Waals surface area (Å²) in [6.45, 7) is 2.43. The van der Waals surface area contributed by atoms with Gasteiger partial charge in [0.05, 0.1) is 5.56 Å². The van der Waals surface area contributed by atoms with Crippen molar-refractivity contribution < 1.29 is 9.90 Å². The number of carbonyl (C=O) groups is 1. The summed E-state index contributed by atoms with van der Waals surface area (Å²) in [5.74, 6) is 1.73. The third kappa shape index (κ3) is 5.44. The van der Waals surface area contributed by atoms with E-state index in [1.54, 1.807) is 30.3 Å². The molecular weight excluding hydrogens is 210 g/mol. The van der Waals surface area contributed by atoms with Crippen LogP contribution >= 0.6 is 11.8 Å². The highest BCUT2D eigenvalue weighted by atomic mass is 32.2. The molecule has 1 aliphatic rings. The van der Waals surface area contributed by atoms with Gasteiger partial charge in [0.1, 0.15) is 0 Å². The van der Waals surface area contributed by atoms with Gasteiger partial charge in [-0.3, -0.25) is 0 Å². The third-order valence-electron chi connectivity index (χ3n) is 1.87. The second kappa shape index (κ2) is 7.31. The van der Waals surface area contributed by atoms with Crippen LogP contribution in [0, 0.1) is 0 Å². The van der Waals surface area contributed by atoms with Gasteiger partial charge < -0.3 is 10.4 Å². The van der Waals surface area contributed by atoms with Crippen LogP contribution in [-0.2, 0) is 0 Å².